The molecular weight excluding hydrogens is 462 g/mol. The second-order valence-corrected chi connectivity index (χ2v) is 11.9. The number of benzene rings is 1. The lowest BCUT2D eigenvalue weighted by Gasteiger charge is -2.55. The first kappa shape index (κ1) is 23.3. The number of aromatic nitrogens is 4. The Morgan fingerprint density at radius 1 is 0.811 bits per heavy atom. The molecular formula is C30H37N5O2. The molecule has 6 atom stereocenters. The summed E-state index contributed by atoms with van der Waals surface area (Å²) < 4.78 is 7.29. The van der Waals surface area contributed by atoms with Crippen molar-refractivity contribution in [3.63, 3.8) is 0 Å². The number of rotatable bonds is 4. The zero-order valence-electron chi connectivity index (χ0n) is 21.8. The van der Waals surface area contributed by atoms with Gasteiger partial charge in [-0.2, -0.15) is 4.98 Å². The first-order chi connectivity index (χ1) is 18.2. The monoisotopic (exact) mass is 499 g/mol. The van der Waals surface area contributed by atoms with Gasteiger partial charge in [-0.1, -0.05) is 37.8 Å². The molecule has 3 aromatic rings. The van der Waals surface area contributed by atoms with Crippen molar-refractivity contribution in [2.75, 3.05) is 7.11 Å². The molecule has 0 amide bonds. The zero-order valence-corrected chi connectivity index (χ0v) is 21.8. The normalized spacial score (nSPS) is 31.8. The van der Waals surface area contributed by atoms with Crippen LogP contribution < -0.4 is 10.3 Å². The van der Waals surface area contributed by atoms with Crippen molar-refractivity contribution in [3.8, 4) is 17.4 Å². The maximum Gasteiger partial charge on any atom is 0.316 e. The standard InChI is InChI=1S/C30H37N5O2/c1-37-30-31-13-12-26(33-30)28-29(36)35(27-11-3-2-10-25(27)32-28)24-17-21-8-5-9-22(18-24)34(21)23-15-19-6-4-7-20(14-19)16-23/h2-3,10-13,19-24H,4-9,14-18H2,1H3/t19-,20+,21-,22+,23+,24+. The Bertz CT molecular complexity index is 1330. The summed E-state index contributed by atoms with van der Waals surface area (Å²) in [6.07, 6.45) is 16.1. The summed E-state index contributed by atoms with van der Waals surface area (Å²) >= 11 is 0. The molecule has 4 aliphatic rings. The van der Waals surface area contributed by atoms with Crippen LogP contribution in [-0.4, -0.2) is 49.7 Å². The van der Waals surface area contributed by atoms with E-state index in [-0.39, 0.29) is 17.6 Å². The Balaban J connectivity index is 1.26. The molecule has 0 spiro atoms. The largest absolute Gasteiger partial charge is 0.467 e. The van der Waals surface area contributed by atoms with Crippen molar-refractivity contribution in [1.29, 1.82) is 0 Å². The molecule has 0 N–H and O–H groups in total. The van der Waals surface area contributed by atoms with Crippen LogP contribution in [-0.2, 0) is 0 Å². The topological polar surface area (TPSA) is 73.1 Å². The third-order valence-electron chi connectivity index (χ3n) is 9.75. The zero-order chi connectivity index (χ0) is 24.9. The van der Waals surface area contributed by atoms with Gasteiger partial charge in [-0.15, -0.1) is 0 Å². The van der Waals surface area contributed by atoms with Crippen LogP contribution in [0.1, 0.15) is 76.7 Å². The van der Waals surface area contributed by atoms with Crippen LogP contribution in [0.4, 0.5) is 0 Å². The van der Waals surface area contributed by atoms with Crippen molar-refractivity contribution in [2.24, 2.45) is 11.8 Å². The predicted molar refractivity (Wildman–Crippen MR) is 144 cm³/mol. The van der Waals surface area contributed by atoms with Gasteiger partial charge in [0.05, 0.1) is 18.1 Å². The molecule has 0 unspecified atom stereocenters. The third-order valence-corrected chi connectivity index (χ3v) is 9.75. The molecule has 7 nitrogen and oxygen atoms in total. The van der Waals surface area contributed by atoms with Crippen LogP contribution in [0.3, 0.4) is 0 Å². The summed E-state index contributed by atoms with van der Waals surface area (Å²) in [6, 6.07) is 12.1. The second-order valence-electron chi connectivity index (χ2n) is 11.9. The van der Waals surface area contributed by atoms with E-state index in [1.165, 1.54) is 64.9 Å². The van der Waals surface area contributed by atoms with E-state index in [0.29, 0.717) is 23.5 Å². The highest BCUT2D eigenvalue weighted by molar-refractivity contribution is 5.77. The Morgan fingerprint density at radius 3 is 2.30 bits per heavy atom. The fourth-order valence-electron chi connectivity index (χ4n) is 8.39. The van der Waals surface area contributed by atoms with Gasteiger partial charge >= 0.3 is 6.01 Å². The van der Waals surface area contributed by atoms with E-state index in [1.807, 2.05) is 18.2 Å². The lowest BCUT2D eigenvalue weighted by molar-refractivity contribution is -0.0485. The van der Waals surface area contributed by atoms with Crippen molar-refractivity contribution in [1.82, 2.24) is 24.4 Å². The van der Waals surface area contributed by atoms with Gasteiger partial charge in [0, 0.05) is 30.4 Å². The van der Waals surface area contributed by atoms with Gasteiger partial charge < -0.3 is 9.30 Å². The number of hydrogen-bond donors (Lipinski definition) is 0. The number of para-hydroxylation sites is 2. The Morgan fingerprint density at radius 2 is 1.54 bits per heavy atom. The highest BCUT2D eigenvalue weighted by Gasteiger charge is 2.45. The number of fused-ring (bicyclic) bond motifs is 5. The van der Waals surface area contributed by atoms with Crippen molar-refractivity contribution in [3.05, 3.63) is 46.9 Å². The van der Waals surface area contributed by atoms with Crippen LogP contribution in [0.25, 0.3) is 22.4 Å². The number of piperidine rings is 2. The molecule has 37 heavy (non-hydrogen) atoms. The van der Waals surface area contributed by atoms with Crippen LogP contribution in [0, 0.1) is 11.8 Å². The summed E-state index contributed by atoms with van der Waals surface area (Å²) in [5.41, 5.74) is 2.61. The maximum atomic E-state index is 14.1. The van der Waals surface area contributed by atoms with E-state index in [2.05, 4.69) is 25.5 Å². The summed E-state index contributed by atoms with van der Waals surface area (Å²) in [5, 5.41) is 0. The van der Waals surface area contributed by atoms with Gasteiger partial charge in [0.2, 0.25) is 0 Å². The maximum absolute atomic E-state index is 14.1. The third kappa shape index (κ3) is 4.15. The Labute approximate surface area is 218 Å². The van der Waals surface area contributed by atoms with E-state index >= 15 is 0 Å². The smallest absolute Gasteiger partial charge is 0.316 e. The van der Waals surface area contributed by atoms with Crippen molar-refractivity contribution >= 4 is 11.0 Å². The fraction of sp³-hybridized carbons (Fsp3) is 0.600. The lowest BCUT2D eigenvalue weighted by Crippen LogP contribution is -2.58. The number of hydrogen-bond acceptors (Lipinski definition) is 6. The molecule has 7 rings (SSSR count). The lowest BCUT2D eigenvalue weighted by atomic mass is 9.68. The van der Waals surface area contributed by atoms with Gasteiger partial charge in [0.15, 0.2) is 5.69 Å². The molecule has 4 heterocycles. The summed E-state index contributed by atoms with van der Waals surface area (Å²) in [7, 11) is 1.54. The molecule has 2 saturated carbocycles. The van der Waals surface area contributed by atoms with Gasteiger partial charge in [0.25, 0.3) is 5.56 Å². The minimum absolute atomic E-state index is 0.0526. The van der Waals surface area contributed by atoms with E-state index in [9.17, 15) is 4.79 Å². The molecule has 194 valence electrons. The number of methoxy groups -OCH3 is 1. The molecule has 2 saturated heterocycles. The Kier molecular flexibility index (Phi) is 5.99. The number of ether oxygens (including phenoxy) is 1. The van der Waals surface area contributed by atoms with E-state index in [4.69, 9.17) is 9.72 Å². The molecule has 0 radical (unpaired) electrons. The molecule has 4 bridgehead atoms. The fourth-order valence-corrected chi connectivity index (χ4v) is 8.39. The van der Waals surface area contributed by atoms with Crippen LogP contribution in [0.2, 0.25) is 0 Å². The summed E-state index contributed by atoms with van der Waals surface area (Å²) in [5.74, 6) is 1.88. The highest BCUT2D eigenvalue weighted by atomic mass is 16.5. The summed E-state index contributed by atoms with van der Waals surface area (Å²) in [4.78, 5) is 30.4. The first-order valence-corrected chi connectivity index (χ1v) is 14.3. The van der Waals surface area contributed by atoms with Gasteiger partial charge in [0.1, 0.15) is 5.69 Å². The minimum atomic E-state index is -0.0526. The van der Waals surface area contributed by atoms with Crippen molar-refractivity contribution < 1.29 is 4.74 Å². The molecule has 2 aliphatic carbocycles. The molecule has 2 aliphatic heterocycles. The minimum Gasteiger partial charge on any atom is -0.467 e. The average Bonchev–Trinajstić information content (AvgIpc) is 2.92. The van der Waals surface area contributed by atoms with E-state index < -0.39 is 0 Å². The first-order valence-electron chi connectivity index (χ1n) is 14.3. The molecule has 1 aromatic carbocycles. The van der Waals surface area contributed by atoms with Gasteiger partial charge in [-0.25, -0.2) is 9.97 Å². The SMILES string of the molecule is COc1nccc(-c2nc3ccccc3n([C@H]3C[C@H]4CCC[C@@H](C3)N4[C@H]3C[C@@H]4CCC[C@@H](C4)C3)c2=O)n1. The van der Waals surface area contributed by atoms with E-state index in [0.717, 1.165) is 41.8 Å². The average molecular weight is 500 g/mol. The van der Waals surface area contributed by atoms with E-state index in [1.54, 1.807) is 12.3 Å². The van der Waals surface area contributed by atoms with Crippen LogP contribution in [0.15, 0.2) is 41.3 Å². The van der Waals surface area contributed by atoms with Gasteiger partial charge in [-0.3, -0.25) is 9.69 Å². The number of nitrogens with zero attached hydrogens (tertiary/aromatic N) is 5. The second kappa shape index (κ2) is 9.50. The van der Waals surface area contributed by atoms with Crippen LogP contribution in [0.5, 0.6) is 6.01 Å². The molecule has 4 fully saturated rings. The highest BCUT2D eigenvalue weighted by Crippen LogP contribution is 2.47. The predicted octanol–water partition coefficient (Wildman–Crippen LogP) is 5.39. The quantitative estimate of drug-likeness (QED) is 0.479. The summed E-state index contributed by atoms with van der Waals surface area (Å²) in [6.45, 7) is 0. The Hall–Kier alpha value is -2.80. The van der Waals surface area contributed by atoms with Crippen LogP contribution >= 0.6 is 0 Å². The molecule has 2 aromatic heterocycles. The molecule has 7 heteroatoms. The van der Waals surface area contributed by atoms with Crippen molar-refractivity contribution in [2.45, 2.75) is 94.8 Å². The van der Waals surface area contributed by atoms with Gasteiger partial charge in [-0.05, 0) is 75.0 Å².